The summed E-state index contributed by atoms with van der Waals surface area (Å²) in [4.78, 5) is 7.48. The Balaban J connectivity index is 1.68. The molecular weight excluding hydrogens is 282 g/mol. The van der Waals surface area contributed by atoms with Gasteiger partial charge in [-0.15, -0.1) is 0 Å². The molecule has 0 N–H and O–H groups in total. The average molecular weight is 305 g/mol. The van der Waals surface area contributed by atoms with Gasteiger partial charge in [0.2, 0.25) is 0 Å². The van der Waals surface area contributed by atoms with E-state index in [0.29, 0.717) is 0 Å². The second-order valence-corrected chi connectivity index (χ2v) is 6.34. The Morgan fingerprint density at radius 3 is 2.35 bits per heavy atom. The largest absolute Gasteiger partial charge is 0.323 e. The number of hydrogen-bond acceptors (Lipinski definition) is 2. The maximum absolute atomic E-state index is 4.89. The molecule has 1 aliphatic rings. The van der Waals surface area contributed by atoms with E-state index in [1.807, 2.05) is 0 Å². The van der Waals surface area contributed by atoms with Crippen LogP contribution in [0.1, 0.15) is 19.3 Å². The van der Waals surface area contributed by atoms with Crippen LogP contribution in [0.25, 0.3) is 22.4 Å². The van der Waals surface area contributed by atoms with Crippen LogP contribution in [0.4, 0.5) is 0 Å². The number of benzene rings is 2. The number of piperidine rings is 1. The van der Waals surface area contributed by atoms with Crippen LogP contribution in [0.5, 0.6) is 0 Å². The van der Waals surface area contributed by atoms with Gasteiger partial charge in [-0.1, -0.05) is 48.9 Å². The summed E-state index contributed by atoms with van der Waals surface area (Å²) in [6.45, 7) is 4.60. The monoisotopic (exact) mass is 305 g/mol. The summed E-state index contributed by atoms with van der Waals surface area (Å²) >= 11 is 0. The Labute approximate surface area is 137 Å². The van der Waals surface area contributed by atoms with Crippen molar-refractivity contribution in [2.75, 3.05) is 19.6 Å². The predicted molar refractivity (Wildman–Crippen MR) is 95.5 cm³/mol. The molecule has 0 aliphatic carbocycles. The SMILES string of the molecule is c1ccc(-c2nc3ccccc3n2CCN2CCCCC2)cc1. The van der Waals surface area contributed by atoms with Gasteiger partial charge in [0.25, 0.3) is 0 Å². The minimum absolute atomic E-state index is 1.00. The zero-order valence-corrected chi connectivity index (χ0v) is 13.5. The van der Waals surface area contributed by atoms with Crippen molar-refractivity contribution in [3.63, 3.8) is 0 Å². The second-order valence-electron chi connectivity index (χ2n) is 6.34. The summed E-state index contributed by atoms with van der Waals surface area (Å²) in [5.74, 6) is 1.09. The molecule has 0 radical (unpaired) electrons. The van der Waals surface area contributed by atoms with Crippen molar-refractivity contribution in [1.82, 2.24) is 14.5 Å². The molecule has 1 aromatic heterocycles. The summed E-state index contributed by atoms with van der Waals surface area (Å²) in [5.41, 5.74) is 3.52. The molecule has 4 rings (SSSR count). The summed E-state index contributed by atoms with van der Waals surface area (Å²) < 4.78 is 2.39. The minimum Gasteiger partial charge on any atom is -0.323 e. The molecule has 0 bridgehead atoms. The van der Waals surface area contributed by atoms with Crippen molar-refractivity contribution in [3.8, 4) is 11.4 Å². The number of para-hydroxylation sites is 2. The highest BCUT2D eigenvalue weighted by molar-refractivity contribution is 5.80. The highest BCUT2D eigenvalue weighted by atomic mass is 15.2. The fourth-order valence-corrected chi connectivity index (χ4v) is 3.53. The first kappa shape index (κ1) is 14.5. The number of likely N-dealkylation sites (tertiary alicyclic amines) is 1. The Bertz CT molecular complexity index is 770. The quantitative estimate of drug-likeness (QED) is 0.720. The smallest absolute Gasteiger partial charge is 0.141 e. The fraction of sp³-hybridized carbons (Fsp3) is 0.350. The van der Waals surface area contributed by atoms with E-state index in [1.54, 1.807) is 0 Å². The molecule has 3 aromatic rings. The van der Waals surface area contributed by atoms with Crippen molar-refractivity contribution in [2.24, 2.45) is 0 Å². The number of aromatic nitrogens is 2. The van der Waals surface area contributed by atoms with Gasteiger partial charge < -0.3 is 9.47 Å². The zero-order valence-electron chi connectivity index (χ0n) is 13.5. The molecule has 3 nitrogen and oxygen atoms in total. The van der Waals surface area contributed by atoms with Gasteiger partial charge in [-0.25, -0.2) is 4.98 Å². The highest BCUT2D eigenvalue weighted by Crippen LogP contribution is 2.24. The van der Waals surface area contributed by atoms with Gasteiger partial charge >= 0.3 is 0 Å². The molecule has 0 saturated carbocycles. The van der Waals surface area contributed by atoms with Crippen molar-refractivity contribution < 1.29 is 0 Å². The average Bonchev–Trinajstić information content (AvgIpc) is 3.00. The number of fused-ring (bicyclic) bond motifs is 1. The van der Waals surface area contributed by atoms with Crippen LogP contribution < -0.4 is 0 Å². The lowest BCUT2D eigenvalue weighted by Gasteiger charge is -2.26. The van der Waals surface area contributed by atoms with Crippen molar-refractivity contribution >= 4 is 11.0 Å². The third-order valence-corrected chi connectivity index (χ3v) is 4.78. The normalized spacial score (nSPS) is 16.0. The molecular formula is C20H23N3. The molecule has 0 atom stereocenters. The topological polar surface area (TPSA) is 21.1 Å². The van der Waals surface area contributed by atoms with Gasteiger partial charge in [0, 0.05) is 18.7 Å². The molecule has 3 heteroatoms. The summed E-state index contributed by atoms with van der Waals surface area (Å²) in [6.07, 6.45) is 4.08. The molecule has 23 heavy (non-hydrogen) atoms. The summed E-state index contributed by atoms with van der Waals surface area (Å²) in [5, 5.41) is 0. The third-order valence-electron chi connectivity index (χ3n) is 4.78. The Morgan fingerprint density at radius 1 is 0.783 bits per heavy atom. The molecule has 1 fully saturated rings. The molecule has 0 amide bonds. The summed E-state index contributed by atoms with van der Waals surface area (Å²) in [6, 6.07) is 19.0. The minimum atomic E-state index is 1.00. The standard InChI is InChI=1S/C20H23N3/c1-3-9-17(10-4-1)20-21-18-11-5-6-12-19(18)23(20)16-15-22-13-7-2-8-14-22/h1,3-6,9-12H,2,7-8,13-16H2. The van der Waals surface area contributed by atoms with E-state index in [2.05, 4.69) is 64.1 Å². The lowest BCUT2D eigenvalue weighted by atomic mass is 10.1. The Kier molecular flexibility index (Phi) is 4.12. The lowest BCUT2D eigenvalue weighted by molar-refractivity contribution is 0.222. The van der Waals surface area contributed by atoms with E-state index >= 15 is 0 Å². The molecule has 118 valence electrons. The van der Waals surface area contributed by atoms with Crippen molar-refractivity contribution in [2.45, 2.75) is 25.8 Å². The number of hydrogen-bond donors (Lipinski definition) is 0. The number of imidazole rings is 1. The van der Waals surface area contributed by atoms with Crippen LogP contribution in [0.15, 0.2) is 54.6 Å². The number of nitrogens with zero attached hydrogens (tertiary/aromatic N) is 3. The molecule has 2 aromatic carbocycles. The first-order chi connectivity index (χ1) is 11.4. The van der Waals surface area contributed by atoms with Crippen LogP contribution in [0.2, 0.25) is 0 Å². The zero-order chi connectivity index (χ0) is 15.5. The van der Waals surface area contributed by atoms with Gasteiger partial charge in [-0.2, -0.15) is 0 Å². The first-order valence-corrected chi connectivity index (χ1v) is 8.65. The van der Waals surface area contributed by atoms with E-state index in [-0.39, 0.29) is 0 Å². The van der Waals surface area contributed by atoms with Gasteiger partial charge in [0.1, 0.15) is 5.82 Å². The highest BCUT2D eigenvalue weighted by Gasteiger charge is 2.14. The lowest BCUT2D eigenvalue weighted by Crippen LogP contribution is -2.32. The van der Waals surface area contributed by atoms with Crippen LogP contribution in [0, 0.1) is 0 Å². The van der Waals surface area contributed by atoms with Gasteiger partial charge in [-0.05, 0) is 38.1 Å². The van der Waals surface area contributed by atoms with E-state index in [9.17, 15) is 0 Å². The Morgan fingerprint density at radius 2 is 1.52 bits per heavy atom. The van der Waals surface area contributed by atoms with Crippen molar-refractivity contribution in [3.05, 3.63) is 54.6 Å². The molecule has 0 unspecified atom stereocenters. The van der Waals surface area contributed by atoms with Crippen LogP contribution in [-0.4, -0.2) is 34.1 Å². The third kappa shape index (κ3) is 3.02. The van der Waals surface area contributed by atoms with Crippen molar-refractivity contribution in [1.29, 1.82) is 0 Å². The summed E-state index contributed by atoms with van der Waals surface area (Å²) in [7, 11) is 0. The van der Waals surface area contributed by atoms with E-state index in [4.69, 9.17) is 4.98 Å². The fourth-order valence-electron chi connectivity index (χ4n) is 3.53. The second kappa shape index (κ2) is 6.55. The number of rotatable bonds is 4. The Hall–Kier alpha value is -2.13. The maximum Gasteiger partial charge on any atom is 0.141 e. The van der Waals surface area contributed by atoms with Gasteiger partial charge in [-0.3, -0.25) is 0 Å². The predicted octanol–water partition coefficient (Wildman–Crippen LogP) is 4.19. The van der Waals surface area contributed by atoms with Gasteiger partial charge in [0.05, 0.1) is 11.0 Å². The van der Waals surface area contributed by atoms with Crippen LogP contribution >= 0.6 is 0 Å². The first-order valence-electron chi connectivity index (χ1n) is 8.65. The molecule has 0 spiro atoms. The van der Waals surface area contributed by atoms with E-state index < -0.39 is 0 Å². The van der Waals surface area contributed by atoms with Gasteiger partial charge in [0.15, 0.2) is 0 Å². The molecule has 1 saturated heterocycles. The van der Waals surface area contributed by atoms with Crippen LogP contribution in [0.3, 0.4) is 0 Å². The molecule has 2 heterocycles. The van der Waals surface area contributed by atoms with Crippen LogP contribution in [-0.2, 0) is 6.54 Å². The van der Waals surface area contributed by atoms with E-state index in [0.717, 1.165) is 24.4 Å². The molecule has 1 aliphatic heterocycles. The maximum atomic E-state index is 4.89. The van der Waals surface area contributed by atoms with E-state index in [1.165, 1.54) is 43.4 Å².